The van der Waals surface area contributed by atoms with E-state index in [1.165, 1.54) is 4.90 Å². The number of ether oxygens (including phenoxy) is 2. The van der Waals surface area contributed by atoms with Crippen molar-refractivity contribution >= 4 is 21.9 Å². The number of nitrogens with zero attached hydrogens (tertiary/aromatic N) is 2. The van der Waals surface area contributed by atoms with Gasteiger partial charge < -0.3 is 19.4 Å². The highest BCUT2D eigenvalue weighted by Crippen LogP contribution is 2.34. The average Bonchev–Trinajstić information content (AvgIpc) is 3.00. The highest BCUT2D eigenvalue weighted by molar-refractivity contribution is 6.05. The normalized spacial score (nSPS) is 12.0. The Bertz CT molecular complexity index is 996. The van der Waals surface area contributed by atoms with E-state index in [2.05, 4.69) is 37.7 Å². The first-order chi connectivity index (χ1) is 12.9. The molecule has 3 rings (SSSR count). The van der Waals surface area contributed by atoms with Crippen LogP contribution in [0.2, 0.25) is 0 Å². The standard InChI is InChI=1S/C20H28N4O3/c1-12(2)24(13(3)4)8-7-23-11-21-18-14-9-16(26-5)17(27-6)10-15(14)22-19(18)20(23)25/h9-13,22H,7-8H2,1-6H3/p+1. The summed E-state index contributed by atoms with van der Waals surface area (Å²) in [4.78, 5) is 22.2. The summed E-state index contributed by atoms with van der Waals surface area (Å²) in [5.74, 6) is 1.23. The van der Waals surface area contributed by atoms with Crippen LogP contribution in [0, 0.1) is 0 Å². The summed E-state index contributed by atoms with van der Waals surface area (Å²) in [5, 5.41) is 0.850. The van der Waals surface area contributed by atoms with Crippen LogP contribution in [-0.4, -0.2) is 47.4 Å². The molecule has 146 valence electrons. The molecule has 0 aliphatic heterocycles. The Labute approximate surface area is 158 Å². The summed E-state index contributed by atoms with van der Waals surface area (Å²) in [6.45, 7) is 10.3. The molecular weight excluding hydrogens is 344 g/mol. The summed E-state index contributed by atoms with van der Waals surface area (Å²) >= 11 is 0. The number of aromatic nitrogens is 3. The Morgan fingerprint density at radius 2 is 1.74 bits per heavy atom. The average molecular weight is 373 g/mol. The molecule has 3 aromatic rings. The predicted molar refractivity (Wildman–Crippen MR) is 107 cm³/mol. The molecule has 0 spiro atoms. The van der Waals surface area contributed by atoms with Gasteiger partial charge >= 0.3 is 0 Å². The van der Waals surface area contributed by atoms with E-state index < -0.39 is 0 Å². The number of fused-ring (bicyclic) bond motifs is 3. The molecule has 1 aromatic carbocycles. The van der Waals surface area contributed by atoms with Crippen LogP contribution >= 0.6 is 0 Å². The van der Waals surface area contributed by atoms with Crippen LogP contribution in [0.3, 0.4) is 0 Å². The third-order valence-electron chi connectivity index (χ3n) is 5.20. The Kier molecular flexibility index (Phi) is 5.41. The van der Waals surface area contributed by atoms with E-state index in [4.69, 9.17) is 9.47 Å². The van der Waals surface area contributed by atoms with Crippen molar-refractivity contribution in [1.29, 1.82) is 0 Å². The van der Waals surface area contributed by atoms with E-state index in [9.17, 15) is 4.79 Å². The number of aromatic amines is 1. The molecule has 27 heavy (non-hydrogen) atoms. The Balaban J connectivity index is 2.02. The number of quaternary nitrogens is 1. The Hall–Kier alpha value is -2.54. The molecular formula is C20H29N4O3+. The molecule has 0 aliphatic rings. The second-order valence-electron chi connectivity index (χ2n) is 7.48. The van der Waals surface area contributed by atoms with Crippen molar-refractivity contribution in [1.82, 2.24) is 14.5 Å². The molecule has 0 amide bonds. The molecule has 0 atom stereocenters. The lowest BCUT2D eigenvalue weighted by atomic mass is 10.2. The predicted octanol–water partition coefficient (Wildman–Crippen LogP) is 1.60. The van der Waals surface area contributed by atoms with Crippen molar-refractivity contribution in [3.05, 3.63) is 28.8 Å². The van der Waals surface area contributed by atoms with Gasteiger partial charge in [0.05, 0.1) is 51.2 Å². The number of methoxy groups -OCH3 is 2. The van der Waals surface area contributed by atoms with Gasteiger partial charge in [-0.15, -0.1) is 0 Å². The molecule has 0 radical (unpaired) electrons. The van der Waals surface area contributed by atoms with Crippen molar-refractivity contribution in [2.45, 2.75) is 46.3 Å². The highest BCUT2D eigenvalue weighted by atomic mass is 16.5. The van der Waals surface area contributed by atoms with Crippen molar-refractivity contribution in [3.63, 3.8) is 0 Å². The van der Waals surface area contributed by atoms with Gasteiger partial charge in [-0.2, -0.15) is 0 Å². The SMILES string of the molecule is COc1cc2[nH]c3c(=O)n(CC[NH+](C(C)C)C(C)C)cnc3c2cc1OC. The second kappa shape index (κ2) is 7.60. The molecule has 2 aromatic heterocycles. The van der Waals surface area contributed by atoms with Gasteiger partial charge in [0.2, 0.25) is 0 Å². The van der Waals surface area contributed by atoms with Gasteiger partial charge in [-0.3, -0.25) is 9.36 Å². The zero-order chi connectivity index (χ0) is 19.7. The zero-order valence-corrected chi connectivity index (χ0v) is 16.9. The zero-order valence-electron chi connectivity index (χ0n) is 16.9. The Morgan fingerprint density at radius 1 is 1.11 bits per heavy atom. The Morgan fingerprint density at radius 3 is 2.33 bits per heavy atom. The molecule has 2 N–H and O–H groups in total. The summed E-state index contributed by atoms with van der Waals surface area (Å²) in [6.07, 6.45) is 1.65. The van der Waals surface area contributed by atoms with E-state index in [1.54, 1.807) is 25.1 Å². The number of hydrogen-bond acceptors (Lipinski definition) is 4. The van der Waals surface area contributed by atoms with Gasteiger partial charge in [-0.25, -0.2) is 4.98 Å². The van der Waals surface area contributed by atoms with Crippen LogP contribution in [0.1, 0.15) is 27.7 Å². The van der Waals surface area contributed by atoms with Gasteiger partial charge in [0.1, 0.15) is 11.0 Å². The van der Waals surface area contributed by atoms with Crippen molar-refractivity contribution in [2.75, 3.05) is 20.8 Å². The maximum Gasteiger partial charge on any atom is 0.277 e. The fourth-order valence-electron chi connectivity index (χ4n) is 3.77. The third kappa shape index (κ3) is 3.51. The summed E-state index contributed by atoms with van der Waals surface area (Å²) in [6, 6.07) is 4.70. The summed E-state index contributed by atoms with van der Waals surface area (Å²) in [7, 11) is 3.19. The maximum atomic E-state index is 13.0. The van der Waals surface area contributed by atoms with Crippen molar-refractivity contribution in [2.24, 2.45) is 0 Å². The summed E-state index contributed by atoms with van der Waals surface area (Å²) in [5.41, 5.74) is 1.92. The quantitative estimate of drug-likeness (QED) is 0.660. The minimum absolute atomic E-state index is 0.0546. The molecule has 0 unspecified atom stereocenters. The second-order valence-corrected chi connectivity index (χ2v) is 7.48. The fourth-order valence-corrected chi connectivity index (χ4v) is 3.77. The van der Waals surface area contributed by atoms with E-state index >= 15 is 0 Å². The first-order valence-electron chi connectivity index (χ1n) is 9.35. The monoisotopic (exact) mass is 373 g/mol. The molecule has 0 aliphatic carbocycles. The smallest absolute Gasteiger partial charge is 0.277 e. The number of benzene rings is 1. The number of H-pyrrole nitrogens is 1. The van der Waals surface area contributed by atoms with Gasteiger partial charge in [0, 0.05) is 11.5 Å². The minimum Gasteiger partial charge on any atom is -0.493 e. The lowest BCUT2D eigenvalue weighted by molar-refractivity contribution is -0.942. The molecule has 0 bridgehead atoms. The van der Waals surface area contributed by atoms with Crippen LogP contribution in [-0.2, 0) is 6.54 Å². The first-order valence-corrected chi connectivity index (χ1v) is 9.35. The lowest BCUT2D eigenvalue weighted by Crippen LogP contribution is -3.18. The molecule has 7 nitrogen and oxygen atoms in total. The van der Waals surface area contributed by atoms with Crippen molar-refractivity contribution in [3.8, 4) is 11.5 Å². The maximum absolute atomic E-state index is 13.0. The van der Waals surface area contributed by atoms with Crippen LogP contribution < -0.4 is 19.9 Å². The molecule has 0 saturated carbocycles. The number of hydrogen-bond donors (Lipinski definition) is 2. The molecule has 0 fully saturated rings. The number of nitrogens with one attached hydrogen (secondary N) is 2. The van der Waals surface area contributed by atoms with E-state index in [-0.39, 0.29) is 5.56 Å². The van der Waals surface area contributed by atoms with Crippen molar-refractivity contribution < 1.29 is 14.4 Å². The number of rotatable bonds is 7. The molecule has 0 saturated heterocycles. The van der Waals surface area contributed by atoms with E-state index in [0.29, 0.717) is 41.2 Å². The summed E-state index contributed by atoms with van der Waals surface area (Å²) < 4.78 is 12.4. The van der Waals surface area contributed by atoms with Gasteiger partial charge in [0.15, 0.2) is 11.5 Å². The topological polar surface area (TPSA) is 73.6 Å². The lowest BCUT2D eigenvalue weighted by Gasteiger charge is -2.27. The van der Waals surface area contributed by atoms with Crippen LogP contribution in [0.4, 0.5) is 0 Å². The largest absolute Gasteiger partial charge is 0.493 e. The van der Waals surface area contributed by atoms with Crippen LogP contribution in [0.5, 0.6) is 11.5 Å². The van der Waals surface area contributed by atoms with E-state index in [1.807, 2.05) is 12.1 Å². The van der Waals surface area contributed by atoms with E-state index in [0.717, 1.165) is 17.4 Å². The highest BCUT2D eigenvalue weighted by Gasteiger charge is 2.18. The molecule has 7 heteroatoms. The van der Waals surface area contributed by atoms with Gasteiger partial charge in [-0.1, -0.05) is 0 Å². The third-order valence-corrected chi connectivity index (χ3v) is 5.20. The first kappa shape index (κ1) is 19.2. The molecule has 2 heterocycles. The van der Waals surface area contributed by atoms with Gasteiger partial charge in [-0.05, 0) is 33.8 Å². The fraction of sp³-hybridized carbons (Fsp3) is 0.500. The van der Waals surface area contributed by atoms with Gasteiger partial charge in [0.25, 0.3) is 5.56 Å². The van der Waals surface area contributed by atoms with Crippen LogP contribution in [0.15, 0.2) is 23.3 Å². The minimum atomic E-state index is -0.0546. The van der Waals surface area contributed by atoms with Crippen LogP contribution in [0.25, 0.3) is 21.9 Å².